The van der Waals surface area contributed by atoms with Gasteiger partial charge in [0.15, 0.2) is 0 Å². The summed E-state index contributed by atoms with van der Waals surface area (Å²) in [5.74, 6) is 1.65. The molecule has 1 aromatic heterocycles. The van der Waals surface area contributed by atoms with Gasteiger partial charge in [-0.1, -0.05) is 18.2 Å². The van der Waals surface area contributed by atoms with Gasteiger partial charge < -0.3 is 14.8 Å². The van der Waals surface area contributed by atoms with Crippen LogP contribution in [0.5, 0.6) is 17.2 Å². The molecular weight excluding hydrogens is 452 g/mol. The Kier molecular flexibility index (Phi) is 7.05. The second-order valence-electron chi connectivity index (χ2n) is 7.34. The van der Waals surface area contributed by atoms with Crippen molar-refractivity contribution < 1.29 is 18.5 Å². The number of carbonyl (C=O) groups excluding carboxylic acids is 1. The number of fused-ring (bicyclic) bond motifs is 1. The van der Waals surface area contributed by atoms with Crippen molar-refractivity contribution in [2.75, 3.05) is 20.2 Å². The van der Waals surface area contributed by atoms with E-state index in [2.05, 4.69) is 15.0 Å². The van der Waals surface area contributed by atoms with Crippen molar-refractivity contribution in [1.29, 1.82) is 4.78 Å². The number of carbonyl (C=O) groups is 1. The first-order valence-electron chi connectivity index (χ1n) is 10.5. The molecule has 3 aromatic carbocycles. The number of amides is 1. The van der Waals surface area contributed by atoms with Crippen LogP contribution in [0.15, 0.2) is 90.0 Å². The molecule has 0 saturated heterocycles. The minimum atomic E-state index is -3.24. The van der Waals surface area contributed by atoms with E-state index < -0.39 is 9.92 Å². The molecule has 1 amide bonds. The van der Waals surface area contributed by atoms with Crippen molar-refractivity contribution in [1.82, 2.24) is 15.0 Å². The highest BCUT2D eigenvalue weighted by Gasteiger charge is 2.11. The number of ether oxygens (including phenoxy) is 2. The van der Waals surface area contributed by atoms with Gasteiger partial charge in [-0.2, -0.15) is 0 Å². The van der Waals surface area contributed by atoms with E-state index in [9.17, 15) is 9.00 Å². The lowest BCUT2D eigenvalue weighted by atomic mass is 10.2. The third-order valence-corrected chi connectivity index (χ3v) is 6.59. The van der Waals surface area contributed by atoms with Gasteiger partial charge in [-0.05, 0) is 54.6 Å². The fourth-order valence-electron chi connectivity index (χ4n) is 3.29. The van der Waals surface area contributed by atoms with E-state index in [1.54, 1.807) is 67.9 Å². The van der Waals surface area contributed by atoms with Gasteiger partial charge in [-0.3, -0.25) is 9.78 Å². The number of aromatic nitrogens is 1. The Morgan fingerprint density at radius 1 is 0.971 bits per heavy atom. The Morgan fingerprint density at radius 3 is 2.44 bits per heavy atom. The fraction of sp³-hybridized carbons (Fsp3) is 0.120. The summed E-state index contributed by atoms with van der Waals surface area (Å²) >= 11 is 0. The normalized spacial score (nSPS) is 12.6. The quantitative estimate of drug-likeness (QED) is 0.310. The third-order valence-electron chi connectivity index (χ3n) is 5.05. The molecule has 1 unspecified atom stereocenters. The number of rotatable bonds is 9. The summed E-state index contributed by atoms with van der Waals surface area (Å²) in [6.45, 7) is 0.427. The predicted octanol–water partition coefficient (Wildman–Crippen LogP) is 4.38. The third kappa shape index (κ3) is 5.51. The highest BCUT2D eigenvalue weighted by Crippen LogP contribution is 2.31. The van der Waals surface area contributed by atoms with Crippen molar-refractivity contribution in [3.05, 3.63) is 90.6 Å². The molecule has 0 spiro atoms. The largest absolute Gasteiger partial charge is 0.497 e. The average Bonchev–Trinajstić information content (AvgIpc) is 2.87. The highest BCUT2D eigenvalue weighted by atomic mass is 32.2. The Bertz CT molecular complexity index is 1390. The number of nitrogens with one attached hydrogen (secondary N) is 3. The second-order valence-corrected chi connectivity index (χ2v) is 9.21. The summed E-state index contributed by atoms with van der Waals surface area (Å²) in [6, 6.07) is 22.6. The lowest BCUT2D eigenvalue weighted by Gasteiger charge is -2.12. The van der Waals surface area contributed by atoms with E-state index >= 15 is 0 Å². The molecule has 0 saturated carbocycles. The van der Waals surface area contributed by atoms with E-state index in [1.165, 1.54) is 0 Å². The first-order chi connectivity index (χ1) is 16.5. The molecule has 8 nitrogen and oxygen atoms in total. The first kappa shape index (κ1) is 23.2. The van der Waals surface area contributed by atoms with Crippen molar-refractivity contribution in [2.45, 2.75) is 4.90 Å². The van der Waals surface area contributed by atoms with Crippen molar-refractivity contribution in [2.24, 2.45) is 0 Å². The maximum Gasteiger partial charge on any atom is 0.251 e. The van der Waals surface area contributed by atoms with Crippen molar-refractivity contribution >= 4 is 26.7 Å². The van der Waals surface area contributed by atoms with Crippen LogP contribution in [-0.4, -0.2) is 35.3 Å². The van der Waals surface area contributed by atoms with E-state index in [-0.39, 0.29) is 19.0 Å². The number of methoxy groups -OCH3 is 1. The molecule has 0 aliphatic rings. The fourth-order valence-corrected chi connectivity index (χ4v) is 4.37. The number of hydrogen-bond acceptors (Lipinski definition) is 6. The molecule has 9 heteroatoms. The number of pyridine rings is 1. The zero-order valence-electron chi connectivity index (χ0n) is 18.5. The molecule has 1 heterocycles. The smallest absolute Gasteiger partial charge is 0.251 e. The first-order valence-corrected chi connectivity index (χ1v) is 12.1. The van der Waals surface area contributed by atoms with Crippen molar-refractivity contribution in [3.8, 4) is 17.2 Å². The van der Waals surface area contributed by atoms with Crippen LogP contribution in [0.2, 0.25) is 0 Å². The van der Waals surface area contributed by atoms with E-state index in [0.29, 0.717) is 27.7 Å². The van der Waals surface area contributed by atoms with Gasteiger partial charge in [0, 0.05) is 36.3 Å². The van der Waals surface area contributed by atoms with Gasteiger partial charge in [-0.25, -0.2) is 13.7 Å². The van der Waals surface area contributed by atoms with Crippen molar-refractivity contribution in [3.63, 3.8) is 0 Å². The minimum absolute atomic E-state index is 0.186. The van der Waals surface area contributed by atoms with E-state index in [0.717, 1.165) is 10.9 Å². The zero-order chi connectivity index (χ0) is 24.0. The highest BCUT2D eigenvalue weighted by molar-refractivity contribution is 7.90. The maximum atomic E-state index is 12.8. The molecule has 0 aliphatic carbocycles. The average molecular weight is 477 g/mol. The van der Waals surface area contributed by atoms with Gasteiger partial charge in [0.25, 0.3) is 5.91 Å². The molecule has 0 fully saturated rings. The van der Waals surface area contributed by atoms with Gasteiger partial charge >= 0.3 is 0 Å². The van der Waals surface area contributed by atoms with Gasteiger partial charge in [0.2, 0.25) is 0 Å². The molecule has 0 bridgehead atoms. The zero-order valence-corrected chi connectivity index (χ0v) is 19.3. The number of benzene rings is 3. The molecule has 174 valence electrons. The SMILES string of the molecule is COc1ccc2c(Oc3ccc(S(=N)(=O)NCCNC(=O)c4ccccc4)cc3)ccnc2c1. The van der Waals surface area contributed by atoms with E-state index in [1.807, 2.05) is 24.3 Å². The number of hydrogen-bond donors (Lipinski definition) is 3. The van der Waals surface area contributed by atoms with Gasteiger partial charge in [0.05, 0.1) is 17.5 Å². The molecule has 4 aromatic rings. The Balaban J connectivity index is 1.36. The Morgan fingerprint density at radius 2 is 1.71 bits per heavy atom. The lowest BCUT2D eigenvalue weighted by molar-refractivity contribution is 0.0954. The summed E-state index contributed by atoms with van der Waals surface area (Å²) in [5, 5.41) is 3.57. The summed E-state index contributed by atoms with van der Waals surface area (Å²) < 4.78 is 34.9. The Hall–Kier alpha value is -3.95. The van der Waals surface area contributed by atoms with Crippen LogP contribution in [0.3, 0.4) is 0 Å². The molecule has 4 rings (SSSR count). The van der Waals surface area contributed by atoms with Crippen LogP contribution in [0.25, 0.3) is 10.9 Å². The summed E-state index contributed by atoms with van der Waals surface area (Å²) in [4.78, 5) is 16.7. The summed E-state index contributed by atoms with van der Waals surface area (Å²) in [7, 11) is -1.64. The summed E-state index contributed by atoms with van der Waals surface area (Å²) in [6.07, 6.45) is 1.66. The molecule has 34 heavy (non-hydrogen) atoms. The lowest BCUT2D eigenvalue weighted by Crippen LogP contribution is -2.34. The van der Waals surface area contributed by atoms with E-state index in [4.69, 9.17) is 14.3 Å². The van der Waals surface area contributed by atoms with Crippen LogP contribution in [0.1, 0.15) is 10.4 Å². The van der Waals surface area contributed by atoms with Gasteiger partial charge in [0.1, 0.15) is 27.2 Å². The predicted molar refractivity (Wildman–Crippen MR) is 131 cm³/mol. The molecule has 0 radical (unpaired) electrons. The van der Waals surface area contributed by atoms with Crippen LogP contribution in [-0.2, 0) is 9.92 Å². The monoisotopic (exact) mass is 476 g/mol. The topological polar surface area (TPSA) is 113 Å². The summed E-state index contributed by atoms with van der Waals surface area (Å²) in [5.41, 5.74) is 1.29. The molecular formula is C25H24N4O4S. The van der Waals surface area contributed by atoms with Gasteiger partial charge in [-0.15, -0.1) is 0 Å². The number of nitrogens with zero attached hydrogens (tertiary/aromatic N) is 1. The van der Waals surface area contributed by atoms with Crippen LogP contribution < -0.4 is 19.5 Å². The van der Waals surface area contributed by atoms with Crippen LogP contribution >= 0.6 is 0 Å². The molecule has 1 atom stereocenters. The van der Waals surface area contributed by atoms with Crippen LogP contribution in [0.4, 0.5) is 0 Å². The minimum Gasteiger partial charge on any atom is -0.497 e. The van der Waals surface area contributed by atoms with Crippen LogP contribution in [0, 0.1) is 4.78 Å². The second kappa shape index (κ2) is 10.3. The molecule has 3 N–H and O–H groups in total. The molecule has 0 aliphatic heterocycles. The maximum absolute atomic E-state index is 12.8. The Labute approximate surface area is 198 Å². The standard InChI is InChI=1S/C25H24N4O4S/c1-32-20-9-12-22-23(17-20)27-14-13-24(22)33-19-7-10-21(11-8-19)34(26,31)29-16-15-28-25(30)18-5-3-2-4-6-18/h2-14,17H,15-16H2,1H3,(H,28,30)(H2,26,29,31).